The summed E-state index contributed by atoms with van der Waals surface area (Å²) in [5.41, 5.74) is 0.428. The molecule has 4 heteroatoms. The summed E-state index contributed by atoms with van der Waals surface area (Å²) in [6.07, 6.45) is 8.30. The fourth-order valence-electron chi connectivity index (χ4n) is 5.65. The van der Waals surface area contributed by atoms with E-state index in [2.05, 4.69) is 25.4 Å². The van der Waals surface area contributed by atoms with Crippen molar-refractivity contribution >= 4 is 18.5 Å². The molecule has 134 valence electrons. The third-order valence-corrected chi connectivity index (χ3v) is 8.59. The van der Waals surface area contributed by atoms with Crippen molar-refractivity contribution in [3.05, 3.63) is 0 Å². The Kier molecular flexibility index (Phi) is 6.40. The second kappa shape index (κ2) is 7.95. The van der Waals surface area contributed by atoms with Crippen molar-refractivity contribution in [2.24, 2.45) is 29.6 Å². The van der Waals surface area contributed by atoms with E-state index in [1.54, 1.807) is 0 Å². The fourth-order valence-corrected chi connectivity index (χ4v) is 7.09. The average molecular weight is 362 g/mol. The molecule has 3 aliphatic carbocycles. The zero-order chi connectivity index (χ0) is 16.6. The van der Waals surface area contributed by atoms with E-state index < -0.39 is 12.3 Å². The number of hydrogen-bond acceptors (Lipinski definition) is 0. The lowest BCUT2D eigenvalue weighted by atomic mass is 9.65. The summed E-state index contributed by atoms with van der Waals surface area (Å²) in [5, 5.41) is 0. The third kappa shape index (κ3) is 4.28. The Hall–Kier alpha value is 0.720. The Morgan fingerprint density at radius 2 is 1.30 bits per heavy atom. The van der Waals surface area contributed by atoms with Gasteiger partial charge in [-0.1, -0.05) is 19.8 Å². The van der Waals surface area contributed by atoms with Crippen LogP contribution < -0.4 is 0 Å². The van der Waals surface area contributed by atoms with Crippen molar-refractivity contribution in [2.45, 2.75) is 88.4 Å². The first kappa shape index (κ1) is 18.5. The van der Waals surface area contributed by atoms with Gasteiger partial charge in [-0.3, -0.25) is 0 Å². The van der Waals surface area contributed by atoms with Crippen LogP contribution >= 0.6 is 18.5 Å². The molecule has 9 atom stereocenters. The summed E-state index contributed by atoms with van der Waals surface area (Å²) in [4.78, 5) is 0. The topological polar surface area (TPSA) is 0 Å². The lowest BCUT2D eigenvalue weighted by Gasteiger charge is -2.45. The summed E-state index contributed by atoms with van der Waals surface area (Å²) in [5.74, 6) is 3.71. The van der Waals surface area contributed by atoms with Gasteiger partial charge < -0.3 is 0 Å². The van der Waals surface area contributed by atoms with Crippen LogP contribution in [0.4, 0.5) is 8.78 Å². The molecule has 0 spiro atoms. The standard InChI is InChI=1S/C19H34F2P2/c1-11-2-4-12(5-3-11)13-6-7-15(17(22)9-13)14-8-16(20)19(21)18(23)10-14/h11-19H,2-10,22-23H2,1H3. The molecule has 3 aliphatic rings. The highest BCUT2D eigenvalue weighted by Gasteiger charge is 2.43. The molecule has 0 aromatic rings. The SMILES string of the molecule is CC1CCC(C2CCC(C3CC(F)C(F)C(P)C3)C(P)C2)CC1. The number of alkyl halides is 2. The first-order valence-electron chi connectivity index (χ1n) is 9.75. The van der Waals surface area contributed by atoms with Crippen LogP contribution in [0.15, 0.2) is 0 Å². The molecule has 0 aromatic carbocycles. The first-order valence-corrected chi connectivity index (χ1v) is 11.1. The molecule has 0 bridgehead atoms. The zero-order valence-electron chi connectivity index (χ0n) is 14.5. The van der Waals surface area contributed by atoms with Gasteiger partial charge in [-0.15, -0.1) is 18.5 Å². The van der Waals surface area contributed by atoms with Crippen LogP contribution in [0, 0.1) is 29.6 Å². The van der Waals surface area contributed by atoms with Crippen LogP contribution in [0.5, 0.6) is 0 Å². The van der Waals surface area contributed by atoms with E-state index in [0.29, 0.717) is 23.9 Å². The molecular weight excluding hydrogens is 328 g/mol. The Labute approximate surface area is 145 Å². The predicted octanol–water partition coefficient (Wildman–Crippen LogP) is 5.80. The van der Waals surface area contributed by atoms with Crippen LogP contribution in [-0.4, -0.2) is 23.7 Å². The predicted molar refractivity (Wildman–Crippen MR) is 101 cm³/mol. The van der Waals surface area contributed by atoms with Gasteiger partial charge in [0.2, 0.25) is 0 Å². The molecule has 0 aromatic heterocycles. The monoisotopic (exact) mass is 362 g/mol. The van der Waals surface area contributed by atoms with E-state index >= 15 is 0 Å². The molecule has 9 unspecified atom stereocenters. The minimum absolute atomic E-state index is 0.182. The van der Waals surface area contributed by atoms with Crippen LogP contribution in [-0.2, 0) is 0 Å². The van der Waals surface area contributed by atoms with Crippen LogP contribution in [0.1, 0.15) is 64.7 Å². The molecular formula is C19H34F2P2. The smallest absolute Gasteiger partial charge is 0.137 e. The first-order chi connectivity index (χ1) is 11.0. The lowest BCUT2D eigenvalue weighted by molar-refractivity contribution is 0.0542. The Bertz CT molecular complexity index is 372. The second-order valence-electron chi connectivity index (χ2n) is 8.78. The quantitative estimate of drug-likeness (QED) is 0.545. The van der Waals surface area contributed by atoms with E-state index in [9.17, 15) is 8.78 Å². The second-order valence-corrected chi connectivity index (χ2v) is 10.5. The van der Waals surface area contributed by atoms with Gasteiger partial charge in [-0.05, 0) is 80.2 Å². The van der Waals surface area contributed by atoms with Gasteiger partial charge in [0.1, 0.15) is 12.3 Å². The van der Waals surface area contributed by atoms with E-state index in [4.69, 9.17) is 0 Å². The van der Waals surface area contributed by atoms with Gasteiger partial charge in [-0.2, -0.15) is 0 Å². The van der Waals surface area contributed by atoms with Crippen molar-refractivity contribution in [3.63, 3.8) is 0 Å². The summed E-state index contributed by atoms with van der Waals surface area (Å²) in [6.45, 7) is 2.39. The largest absolute Gasteiger partial charge is 0.244 e. The third-order valence-electron chi connectivity index (χ3n) is 7.19. The Morgan fingerprint density at radius 1 is 0.696 bits per heavy atom. The summed E-state index contributed by atoms with van der Waals surface area (Å²) >= 11 is 0. The van der Waals surface area contributed by atoms with Crippen molar-refractivity contribution in [1.29, 1.82) is 0 Å². The van der Waals surface area contributed by atoms with Gasteiger partial charge in [0.05, 0.1) is 0 Å². The maximum absolute atomic E-state index is 14.0. The highest BCUT2D eigenvalue weighted by Crippen LogP contribution is 2.48. The van der Waals surface area contributed by atoms with Crippen LogP contribution in [0.3, 0.4) is 0 Å². The normalized spacial score (nSPS) is 52.3. The van der Waals surface area contributed by atoms with Crippen molar-refractivity contribution < 1.29 is 8.78 Å². The van der Waals surface area contributed by atoms with E-state index in [1.807, 2.05) is 0 Å². The zero-order valence-corrected chi connectivity index (χ0v) is 16.8. The van der Waals surface area contributed by atoms with E-state index in [0.717, 1.165) is 24.2 Å². The molecule has 23 heavy (non-hydrogen) atoms. The van der Waals surface area contributed by atoms with Gasteiger partial charge >= 0.3 is 0 Å². The summed E-state index contributed by atoms with van der Waals surface area (Å²) in [6, 6.07) is 0. The molecule has 0 saturated heterocycles. The van der Waals surface area contributed by atoms with Gasteiger partial charge in [0, 0.05) is 5.66 Å². The van der Waals surface area contributed by atoms with Gasteiger partial charge in [0.15, 0.2) is 0 Å². The maximum Gasteiger partial charge on any atom is 0.137 e. The molecule has 3 fully saturated rings. The van der Waals surface area contributed by atoms with Crippen molar-refractivity contribution in [2.75, 3.05) is 0 Å². The number of rotatable bonds is 2. The number of hydrogen-bond donors (Lipinski definition) is 0. The Balaban J connectivity index is 1.54. The van der Waals surface area contributed by atoms with Gasteiger partial charge in [-0.25, -0.2) is 8.78 Å². The molecule has 0 heterocycles. The van der Waals surface area contributed by atoms with E-state index in [-0.39, 0.29) is 5.66 Å². The molecule has 0 radical (unpaired) electrons. The van der Waals surface area contributed by atoms with Crippen LogP contribution in [0.25, 0.3) is 0 Å². The van der Waals surface area contributed by atoms with Crippen molar-refractivity contribution in [3.8, 4) is 0 Å². The minimum atomic E-state index is -1.26. The van der Waals surface area contributed by atoms with Gasteiger partial charge in [0.25, 0.3) is 0 Å². The fraction of sp³-hybridized carbons (Fsp3) is 1.00. The molecule has 3 saturated carbocycles. The van der Waals surface area contributed by atoms with Crippen LogP contribution in [0.2, 0.25) is 0 Å². The van der Waals surface area contributed by atoms with Crippen molar-refractivity contribution in [1.82, 2.24) is 0 Å². The lowest BCUT2D eigenvalue weighted by Crippen LogP contribution is -2.42. The Morgan fingerprint density at radius 3 is 1.91 bits per heavy atom. The minimum Gasteiger partial charge on any atom is -0.244 e. The van der Waals surface area contributed by atoms with E-state index in [1.165, 1.54) is 44.9 Å². The maximum atomic E-state index is 14.0. The highest BCUT2D eigenvalue weighted by molar-refractivity contribution is 7.17. The highest BCUT2D eigenvalue weighted by atomic mass is 31.0. The molecule has 0 aliphatic heterocycles. The molecule has 3 rings (SSSR count). The molecule has 0 nitrogen and oxygen atoms in total. The average Bonchev–Trinajstić information content (AvgIpc) is 2.53. The summed E-state index contributed by atoms with van der Waals surface area (Å²) in [7, 11) is 5.63. The molecule has 0 N–H and O–H groups in total. The summed E-state index contributed by atoms with van der Waals surface area (Å²) < 4.78 is 27.7. The molecule has 0 amide bonds. The number of halogens is 2.